The Morgan fingerprint density at radius 2 is 1.65 bits per heavy atom. The Labute approximate surface area is 146 Å². The van der Waals surface area contributed by atoms with Gasteiger partial charge in [-0.2, -0.15) is 34.8 Å². The zero-order valence-corrected chi connectivity index (χ0v) is 14.9. The minimum Gasteiger partial charge on any atom is -0.465 e. The number of halogens is 6. The quantitative estimate of drug-likeness (QED) is 0.433. The van der Waals surface area contributed by atoms with Gasteiger partial charge in [0.2, 0.25) is 0 Å². The molecule has 1 aliphatic rings. The highest BCUT2D eigenvalue weighted by Gasteiger charge is 2.57. The lowest BCUT2D eigenvalue weighted by Crippen LogP contribution is -2.55. The first kappa shape index (κ1) is 22.8. The van der Waals surface area contributed by atoms with E-state index in [1.165, 1.54) is 0 Å². The fourth-order valence-electron chi connectivity index (χ4n) is 2.91. The van der Waals surface area contributed by atoms with E-state index in [4.69, 9.17) is 0 Å². The summed E-state index contributed by atoms with van der Waals surface area (Å²) in [5.74, 6) is -1.65. The van der Waals surface area contributed by atoms with Crippen LogP contribution in [0.5, 0.6) is 0 Å². The molecule has 13 heteroatoms. The van der Waals surface area contributed by atoms with Gasteiger partial charge < -0.3 is 10.0 Å². The maximum atomic E-state index is 13.2. The molecule has 1 aliphatic heterocycles. The summed E-state index contributed by atoms with van der Waals surface area (Å²) in [5.41, 5.74) is -6.82. The maximum Gasteiger partial charge on any atom is 0.523 e. The van der Waals surface area contributed by atoms with Gasteiger partial charge in [0.15, 0.2) is 6.10 Å². The lowest BCUT2D eigenvalue weighted by atomic mass is 9.75. The van der Waals surface area contributed by atoms with Gasteiger partial charge >= 0.3 is 27.9 Å². The molecule has 154 valence electrons. The molecule has 0 spiro atoms. The molecule has 0 bridgehead atoms. The van der Waals surface area contributed by atoms with Crippen molar-refractivity contribution in [3.05, 3.63) is 0 Å². The number of carbonyl (C=O) groups is 1. The van der Waals surface area contributed by atoms with E-state index in [9.17, 15) is 44.7 Å². The molecule has 0 saturated carbocycles. The van der Waals surface area contributed by atoms with Crippen molar-refractivity contribution in [2.45, 2.75) is 57.4 Å². The Bertz CT molecular complexity index is 624. The van der Waals surface area contributed by atoms with E-state index in [0.29, 0.717) is 0 Å². The van der Waals surface area contributed by atoms with E-state index in [1.807, 2.05) is 0 Å². The van der Waals surface area contributed by atoms with E-state index in [2.05, 4.69) is 4.18 Å². The van der Waals surface area contributed by atoms with Crippen LogP contribution >= 0.6 is 0 Å². The largest absolute Gasteiger partial charge is 0.523 e. The van der Waals surface area contributed by atoms with Crippen LogP contribution in [0.25, 0.3) is 0 Å². The van der Waals surface area contributed by atoms with Crippen molar-refractivity contribution in [2.75, 3.05) is 6.54 Å². The topological polar surface area (TPSA) is 83.9 Å². The molecule has 0 aromatic carbocycles. The summed E-state index contributed by atoms with van der Waals surface area (Å²) in [4.78, 5) is 12.2. The first-order chi connectivity index (χ1) is 11.4. The van der Waals surface area contributed by atoms with E-state index >= 15 is 0 Å². The number of piperidine rings is 1. The molecule has 3 unspecified atom stereocenters. The molecule has 26 heavy (non-hydrogen) atoms. The molecule has 0 radical (unpaired) electrons. The minimum atomic E-state index is -6.46. The van der Waals surface area contributed by atoms with Crippen molar-refractivity contribution in [1.82, 2.24) is 4.90 Å². The molecular formula is C13H19F6NO5S. The van der Waals surface area contributed by atoms with Crippen molar-refractivity contribution in [1.29, 1.82) is 0 Å². The molecule has 0 aromatic heterocycles. The van der Waals surface area contributed by atoms with Gasteiger partial charge in [0, 0.05) is 12.6 Å². The highest BCUT2D eigenvalue weighted by Crippen LogP contribution is 2.42. The van der Waals surface area contributed by atoms with Crippen LogP contribution in [0.2, 0.25) is 0 Å². The van der Waals surface area contributed by atoms with Gasteiger partial charge in [0.05, 0.1) is 0 Å². The summed E-state index contributed by atoms with van der Waals surface area (Å²) >= 11 is 0. The number of carboxylic acid groups (broad SMARTS) is 1. The molecule has 1 heterocycles. The first-order valence-corrected chi connectivity index (χ1v) is 8.84. The molecule has 1 amide bonds. The summed E-state index contributed by atoms with van der Waals surface area (Å²) in [6.45, 7) is 4.30. The summed E-state index contributed by atoms with van der Waals surface area (Å²) in [6, 6.07) is -0.958. The summed E-state index contributed by atoms with van der Waals surface area (Å²) in [6.07, 6.45) is -11.0. The molecule has 1 N–H and O–H groups in total. The van der Waals surface area contributed by atoms with Crippen LogP contribution in [0.4, 0.5) is 31.1 Å². The van der Waals surface area contributed by atoms with Crippen molar-refractivity contribution >= 4 is 16.2 Å². The average molecular weight is 415 g/mol. The monoisotopic (exact) mass is 415 g/mol. The normalized spacial score (nSPS) is 24.4. The van der Waals surface area contributed by atoms with Gasteiger partial charge in [-0.25, -0.2) is 8.98 Å². The van der Waals surface area contributed by atoms with Crippen LogP contribution in [0, 0.1) is 11.3 Å². The number of nitrogens with zero attached hydrogens (tertiary/aromatic N) is 1. The Morgan fingerprint density at radius 3 is 2.00 bits per heavy atom. The summed E-state index contributed by atoms with van der Waals surface area (Å²) in [5, 5.41) is 9.18. The van der Waals surface area contributed by atoms with Crippen molar-refractivity contribution in [3.63, 3.8) is 0 Å². The molecule has 0 aliphatic carbocycles. The van der Waals surface area contributed by atoms with Gasteiger partial charge in [-0.1, -0.05) is 20.8 Å². The van der Waals surface area contributed by atoms with Crippen molar-refractivity contribution in [2.24, 2.45) is 11.3 Å². The molecule has 1 rings (SSSR count). The van der Waals surface area contributed by atoms with E-state index < -0.39 is 64.2 Å². The zero-order chi connectivity index (χ0) is 20.7. The van der Waals surface area contributed by atoms with E-state index in [-0.39, 0.29) is 6.54 Å². The predicted molar refractivity (Wildman–Crippen MR) is 76.6 cm³/mol. The van der Waals surface area contributed by atoms with E-state index in [0.717, 1.165) is 4.90 Å². The Kier molecular flexibility index (Phi) is 6.19. The van der Waals surface area contributed by atoms with Gasteiger partial charge in [0.25, 0.3) is 0 Å². The molecular weight excluding hydrogens is 396 g/mol. The van der Waals surface area contributed by atoms with Crippen molar-refractivity contribution in [3.8, 4) is 0 Å². The number of alkyl halides is 6. The Morgan fingerprint density at radius 1 is 1.15 bits per heavy atom. The first-order valence-electron chi connectivity index (χ1n) is 7.43. The van der Waals surface area contributed by atoms with Crippen molar-refractivity contribution < 1.29 is 48.8 Å². The Hall–Kier alpha value is -1.24. The lowest BCUT2D eigenvalue weighted by Gasteiger charge is -2.46. The summed E-state index contributed by atoms with van der Waals surface area (Å²) in [7, 11) is -6.46. The second-order valence-corrected chi connectivity index (χ2v) is 8.66. The van der Waals surface area contributed by atoms with Crippen LogP contribution in [-0.4, -0.2) is 54.9 Å². The average Bonchev–Trinajstić information content (AvgIpc) is 2.40. The van der Waals surface area contributed by atoms with E-state index in [1.54, 1.807) is 20.8 Å². The molecule has 1 fully saturated rings. The van der Waals surface area contributed by atoms with Gasteiger partial charge in [0.1, 0.15) is 0 Å². The SMILES string of the molecule is CC(C)(C)C1CC(C(OS(=O)(=O)C(F)(F)F)C(F)(F)F)CCN1C(=O)O. The maximum absolute atomic E-state index is 13.2. The number of likely N-dealkylation sites (tertiary alicyclic amines) is 1. The standard InChI is InChI=1S/C13H19F6NO5S/c1-11(2,3)8-6-7(4-5-20(8)10(21)22)9(12(14,15)16)25-26(23,24)13(17,18)19/h7-9H,4-6H2,1-3H3,(H,21,22). The Balaban J connectivity index is 3.20. The number of hydrogen-bond donors (Lipinski definition) is 1. The van der Waals surface area contributed by atoms with Crippen LogP contribution in [0.3, 0.4) is 0 Å². The number of rotatable bonds is 3. The molecule has 3 atom stereocenters. The number of amides is 1. The molecule has 0 aromatic rings. The van der Waals surface area contributed by atoms with Crippen LogP contribution in [0.1, 0.15) is 33.6 Å². The van der Waals surface area contributed by atoms with Crippen LogP contribution < -0.4 is 0 Å². The third-order valence-corrected chi connectivity index (χ3v) is 5.18. The fourth-order valence-corrected chi connectivity index (χ4v) is 3.56. The van der Waals surface area contributed by atoms with Crippen LogP contribution in [-0.2, 0) is 14.3 Å². The van der Waals surface area contributed by atoms with Gasteiger partial charge in [-0.05, 0) is 24.2 Å². The van der Waals surface area contributed by atoms with Crippen LogP contribution in [0.15, 0.2) is 0 Å². The highest BCUT2D eigenvalue weighted by molar-refractivity contribution is 7.87. The smallest absolute Gasteiger partial charge is 0.465 e. The minimum absolute atomic E-state index is 0.385. The predicted octanol–water partition coefficient (Wildman–Crippen LogP) is 3.59. The highest BCUT2D eigenvalue weighted by atomic mass is 32.2. The summed E-state index contributed by atoms with van der Waals surface area (Å²) < 4.78 is 103. The zero-order valence-electron chi connectivity index (χ0n) is 14.1. The third-order valence-electron chi connectivity index (χ3n) is 4.15. The molecule has 1 saturated heterocycles. The third kappa shape index (κ3) is 5.15. The van der Waals surface area contributed by atoms with Gasteiger partial charge in [-0.3, -0.25) is 0 Å². The fraction of sp³-hybridized carbons (Fsp3) is 0.923. The van der Waals surface area contributed by atoms with Gasteiger partial charge in [-0.15, -0.1) is 0 Å². The number of hydrogen-bond acceptors (Lipinski definition) is 4. The second-order valence-electron chi connectivity index (χ2n) is 7.10. The molecule has 6 nitrogen and oxygen atoms in total. The second kappa shape index (κ2) is 7.06. The lowest BCUT2D eigenvalue weighted by molar-refractivity contribution is -0.218.